The minimum atomic E-state index is 0.927. The van der Waals surface area contributed by atoms with E-state index < -0.39 is 0 Å². The summed E-state index contributed by atoms with van der Waals surface area (Å²) in [5, 5.41) is 6.92. The van der Waals surface area contributed by atoms with E-state index >= 15 is 0 Å². The summed E-state index contributed by atoms with van der Waals surface area (Å²) in [6.07, 6.45) is 1.76. The Morgan fingerprint density at radius 1 is 1.13 bits per heavy atom. The monoisotopic (exact) mass is 202 g/mol. The van der Waals surface area contributed by atoms with Gasteiger partial charge in [0.1, 0.15) is 5.75 Å². The molecule has 0 saturated heterocycles. The highest BCUT2D eigenvalue weighted by Gasteiger charge is 2.08. The van der Waals surface area contributed by atoms with Crippen molar-refractivity contribution in [2.24, 2.45) is 0 Å². The van der Waals surface area contributed by atoms with Crippen LogP contribution in [0.3, 0.4) is 0 Å². The molecule has 0 aliphatic rings. The van der Waals surface area contributed by atoms with E-state index in [1.54, 1.807) is 13.3 Å². The van der Waals surface area contributed by atoms with Crippen LogP contribution in [0.25, 0.3) is 11.3 Å². The number of nitrogens with zero attached hydrogens (tertiary/aromatic N) is 1. The highest BCUT2D eigenvalue weighted by atomic mass is 16.5. The first kappa shape index (κ1) is 9.77. The van der Waals surface area contributed by atoms with Gasteiger partial charge in [0.2, 0.25) is 0 Å². The fourth-order valence-electron chi connectivity index (χ4n) is 1.71. The quantitative estimate of drug-likeness (QED) is 0.813. The SMILES string of the molecule is COc1ccc(-c2ccn[nH]2)c(C)c1C. The van der Waals surface area contributed by atoms with E-state index in [4.69, 9.17) is 4.74 Å². The molecule has 1 aromatic carbocycles. The molecular formula is C12H14N2O. The van der Waals surface area contributed by atoms with E-state index in [1.807, 2.05) is 12.1 Å². The smallest absolute Gasteiger partial charge is 0.122 e. The molecule has 0 atom stereocenters. The van der Waals surface area contributed by atoms with Crippen LogP contribution in [0.5, 0.6) is 5.75 Å². The summed E-state index contributed by atoms with van der Waals surface area (Å²) in [6, 6.07) is 6.00. The van der Waals surface area contributed by atoms with Gasteiger partial charge in [-0.3, -0.25) is 5.10 Å². The maximum absolute atomic E-state index is 5.27. The Hall–Kier alpha value is -1.77. The van der Waals surface area contributed by atoms with E-state index in [0.717, 1.165) is 11.4 Å². The van der Waals surface area contributed by atoms with Crippen molar-refractivity contribution in [3.05, 3.63) is 35.5 Å². The molecule has 15 heavy (non-hydrogen) atoms. The second-order valence-corrected chi connectivity index (χ2v) is 3.54. The van der Waals surface area contributed by atoms with Crippen LogP contribution in [0.4, 0.5) is 0 Å². The van der Waals surface area contributed by atoms with Gasteiger partial charge in [0.15, 0.2) is 0 Å². The molecular weight excluding hydrogens is 188 g/mol. The average Bonchev–Trinajstić information content (AvgIpc) is 2.75. The minimum Gasteiger partial charge on any atom is -0.496 e. The Kier molecular flexibility index (Phi) is 2.46. The van der Waals surface area contributed by atoms with Crippen molar-refractivity contribution < 1.29 is 4.74 Å². The fraction of sp³-hybridized carbons (Fsp3) is 0.250. The Morgan fingerprint density at radius 2 is 1.93 bits per heavy atom. The van der Waals surface area contributed by atoms with Crippen molar-refractivity contribution >= 4 is 0 Å². The number of hydrogen-bond donors (Lipinski definition) is 1. The molecule has 1 heterocycles. The molecule has 0 aliphatic carbocycles. The molecule has 3 nitrogen and oxygen atoms in total. The summed E-state index contributed by atoms with van der Waals surface area (Å²) in [4.78, 5) is 0. The summed E-state index contributed by atoms with van der Waals surface area (Å²) in [5.41, 5.74) is 4.60. The van der Waals surface area contributed by atoms with Gasteiger partial charge in [-0.15, -0.1) is 0 Å². The molecule has 1 N–H and O–H groups in total. The van der Waals surface area contributed by atoms with Gasteiger partial charge in [0.25, 0.3) is 0 Å². The number of nitrogens with one attached hydrogen (secondary N) is 1. The van der Waals surface area contributed by atoms with Gasteiger partial charge in [-0.25, -0.2) is 0 Å². The predicted octanol–water partition coefficient (Wildman–Crippen LogP) is 2.70. The summed E-state index contributed by atoms with van der Waals surface area (Å²) < 4.78 is 5.27. The van der Waals surface area contributed by atoms with Crippen LogP contribution in [0.15, 0.2) is 24.4 Å². The predicted molar refractivity (Wildman–Crippen MR) is 60.0 cm³/mol. The number of methoxy groups -OCH3 is 1. The van der Waals surface area contributed by atoms with Crippen LogP contribution in [-0.2, 0) is 0 Å². The normalized spacial score (nSPS) is 10.3. The van der Waals surface area contributed by atoms with Crippen molar-refractivity contribution in [2.75, 3.05) is 7.11 Å². The Morgan fingerprint density at radius 3 is 2.53 bits per heavy atom. The van der Waals surface area contributed by atoms with Crippen molar-refractivity contribution in [1.29, 1.82) is 0 Å². The third-order valence-electron chi connectivity index (χ3n) is 2.75. The Bertz CT molecular complexity index is 461. The Balaban J connectivity index is 2.56. The van der Waals surface area contributed by atoms with Crippen LogP contribution in [-0.4, -0.2) is 17.3 Å². The van der Waals surface area contributed by atoms with E-state index in [2.05, 4.69) is 30.1 Å². The van der Waals surface area contributed by atoms with Crippen LogP contribution in [0.2, 0.25) is 0 Å². The lowest BCUT2D eigenvalue weighted by molar-refractivity contribution is 0.411. The van der Waals surface area contributed by atoms with Gasteiger partial charge in [-0.05, 0) is 43.2 Å². The molecule has 0 unspecified atom stereocenters. The van der Waals surface area contributed by atoms with Crippen molar-refractivity contribution in [3.63, 3.8) is 0 Å². The van der Waals surface area contributed by atoms with Gasteiger partial charge >= 0.3 is 0 Å². The fourth-order valence-corrected chi connectivity index (χ4v) is 1.71. The number of ether oxygens (including phenoxy) is 1. The average molecular weight is 202 g/mol. The number of aromatic nitrogens is 2. The van der Waals surface area contributed by atoms with Gasteiger partial charge in [0.05, 0.1) is 12.8 Å². The van der Waals surface area contributed by atoms with E-state index in [-0.39, 0.29) is 0 Å². The third kappa shape index (κ3) is 1.61. The molecule has 0 bridgehead atoms. The third-order valence-corrected chi connectivity index (χ3v) is 2.75. The highest BCUT2D eigenvalue weighted by molar-refractivity contribution is 5.66. The number of H-pyrrole nitrogens is 1. The number of rotatable bonds is 2. The van der Waals surface area contributed by atoms with E-state index in [9.17, 15) is 0 Å². The molecule has 78 valence electrons. The number of benzene rings is 1. The largest absolute Gasteiger partial charge is 0.496 e. The molecule has 0 spiro atoms. The van der Waals surface area contributed by atoms with Crippen LogP contribution < -0.4 is 4.74 Å². The summed E-state index contributed by atoms with van der Waals surface area (Å²) >= 11 is 0. The maximum Gasteiger partial charge on any atom is 0.122 e. The minimum absolute atomic E-state index is 0.927. The molecule has 0 saturated carbocycles. The second kappa shape index (κ2) is 3.77. The molecule has 0 radical (unpaired) electrons. The Labute approximate surface area is 89.1 Å². The van der Waals surface area contributed by atoms with Crippen molar-refractivity contribution in [2.45, 2.75) is 13.8 Å². The van der Waals surface area contributed by atoms with Gasteiger partial charge < -0.3 is 4.74 Å². The summed E-state index contributed by atoms with van der Waals surface area (Å²) in [6.45, 7) is 4.15. The van der Waals surface area contributed by atoms with E-state index in [0.29, 0.717) is 0 Å². The van der Waals surface area contributed by atoms with E-state index in [1.165, 1.54) is 16.7 Å². The van der Waals surface area contributed by atoms with Gasteiger partial charge in [-0.2, -0.15) is 5.10 Å². The first-order valence-electron chi connectivity index (χ1n) is 4.88. The van der Waals surface area contributed by atoms with Gasteiger partial charge in [0, 0.05) is 11.8 Å². The first-order chi connectivity index (χ1) is 7.24. The van der Waals surface area contributed by atoms with Crippen LogP contribution in [0, 0.1) is 13.8 Å². The molecule has 2 aromatic rings. The van der Waals surface area contributed by atoms with Crippen LogP contribution >= 0.6 is 0 Å². The number of aromatic amines is 1. The topological polar surface area (TPSA) is 37.9 Å². The highest BCUT2D eigenvalue weighted by Crippen LogP contribution is 2.29. The lowest BCUT2D eigenvalue weighted by Gasteiger charge is -2.11. The first-order valence-corrected chi connectivity index (χ1v) is 4.88. The number of hydrogen-bond acceptors (Lipinski definition) is 2. The molecule has 0 fully saturated rings. The molecule has 3 heteroatoms. The zero-order chi connectivity index (χ0) is 10.8. The molecule has 2 rings (SSSR count). The van der Waals surface area contributed by atoms with Crippen molar-refractivity contribution in [1.82, 2.24) is 10.2 Å². The zero-order valence-corrected chi connectivity index (χ0v) is 9.16. The lowest BCUT2D eigenvalue weighted by Crippen LogP contribution is -1.93. The molecule has 0 amide bonds. The van der Waals surface area contributed by atoms with Crippen molar-refractivity contribution in [3.8, 4) is 17.0 Å². The maximum atomic E-state index is 5.27. The lowest BCUT2D eigenvalue weighted by atomic mass is 10.0. The zero-order valence-electron chi connectivity index (χ0n) is 9.16. The second-order valence-electron chi connectivity index (χ2n) is 3.54. The molecule has 1 aromatic heterocycles. The molecule has 0 aliphatic heterocycles. The van der Waals surface area contributed by atoms with Crippen LogP contribution in [0.1, 0.15) is 11.1 Å². The van der Waals surface area contributed by atoms with Gasteiger partial charge in [-0.1, -0.05) is 0 Å². The summed E-state index contributed by atoms with van der Waals surface area (Å²) in [5.74, 6) is 0.927. The summed E-state index contributed by atoms with van der Waals surface area (Å²) in [7, 11) is 1.69. The standard InChI is InChI=1S/C12H14N2O/c1-8-9(2)12(15-3)5-4-10(8)11-6-7-13-14-11/h4-7H,1-3H3,(H,13,14).